The second kappa shape index (κ2) is 6.41. The molecule has 0 saturated heterocycles. The fourth-order valence-corrected chi connectivity index (χ4v) is 4.75. The zero-order valence-corrected chi connectivity index (χ0v) is 15.4. The Balaban J connectivity index is 1.63. The molecule has 27 heavy (non-hydrogen) atoms. The third kappa shape index (κ3) is 2.78. The van der Waals surface area contributed by atoms with Crippen LogP contribution in [0.4, 0.5) is 0 Å². The maximum Gasteiger partial charge on any atom is 0.248 e. The summed E-state index contributed by atoms with van der Waals surface area (Å²) in [5.74, 6) is 0.332. The minimum absolute atomic E-state index is 0.380. The Kier molecular flexibility index (Phi) is 3.89. The van der Waals surface area contributed by atoms with Gasteiger partial charge in [0.25, 0.3) is 0 Å². The average molecular weight is 356 g/mol. The number of primary amides is 1. The molecule has 1 aliphatic carbocycles. The number of hydrogen-bond donors (Lipinski definition) is 1. The molecule has 3 aromatic rings. The minimum Gasteiger partial charge on any atom is -0.366 e. The molecule has 0 spiro atoms. The van der Waals surface area contributed by atoms with Gasteiger partial charge in [-0.25, -0.2) is 0 Å². The lowest BCUT2D eigenvalue weighted by atomic mass is 9.83. The number of amides is 1. The first-order valence-electron chi connectivity index (χ1n) is 9.95. The van der Waals surface area contributed by atoms with Gasteiger partial charge in [0.15, 0.2) is 0 Å². The molecule has 1 amide bonds. The summed E-state index contributed by atoms with van der Waals surface area (Å²) in [6, 6.07) is 15.0. The summed E-state index contributed by atoms with van der Waals surface area (Å²) < 4.78 is 2.28. The third-order valence-electron chi connectivity index (χ3n) is 6.20. The second-order valence-corrected chi connectivity index (χ2v) is 7.86. The molecule has 2 aliphatic rings. The van der Waals surface area contributed by atoms with E-state index in [2.05, 4.69) is 41.0 Å². The summed E-state index contributed by atoms with van der Waals surface area (Å²) in [7, 11) is 0. The number of benzene rings is 2. The molecular formula is C24H24N2O. The number of nitrogens with zero attached hydrogens (tertiary/aromatic N) is 1. The molecule has 0 bridgehead atoms. The molecule has 136 valence electrons. The predicted octanol–water partition coefficient (Wildman–Crippen LogP) is 5.48. The van der Waals surface area contributed by atoms with Crippen LogP contribution in [0.3, 0.4) is 0 Å². The van der Waals surface area contributed by atoms with Gasteiger partial charge in [-0.05, 0) is 48.1 Å². The number of hydrogen-bond acceptors (Lipinski definition) is 1. The smallest absolute Gasteiger partial charge is 0.248 e. The van der Waals surface area contributed by atoms with Gasteiger partial charge in [0, 0.05) is 34.3 Å². The molecule has 2 N–H and O–H groups in total. The van der Waals surface area contributed by atoms with Gasteiger partial charge in [-0.2, -0.15) is 0 Å². The van der Waals surface area contributed by atoms with E-state index in [0.717, 1.165) is 17.4 Å². The van der Waals surface area contributed by atoms with Gasteiger partial charge < -0.3 is 10.3 Å². The number of nitrogens with two attached hydrogens (primary N) is 1. The van der Waals surface area contributed by atoms with Crippen molar-refractivity contribution < 1.29 is 4.79 Å². The van der Waals surface area contributed by atoms with Crippen LogP contribution in [-0.2, 0) is 6.54 Å². The van der Waals surface area contributed by atoms with E-state index in [1.807, 2.05) is 18.2 Å². The molecule has 3 heteroatoms. The molecule has 2 heterocycles. The van der Waals surface area contributed by atoms with Crippen LogP contribution in [0, 0.1) is 0 Å². The highest BCUT2D eigenvalue weighted by Crippen LogP contribution is 2.38. The molecule has 1 aromatic heterocycles. The number of carbonyl (C=O) groups excluding carboxylic acids is 1. The van der Waals surface area contributed by atoms with Crippen LogP contribution in [0.5, 0.6) is 0 Å². The maximum atomic E-state index is 11.6. The molecule has 1 aliphatic heterocycles. The summed E-state index contributed by atoms with van der Waals surface area (Å²) >= 11 is 0. The first-order chi connectivity index (χ1) is 13.2. The molecule has 0 atom stereocenters. The van der Waals surface area contributed by atoms with Crippen molar-refractivity contribution in [3.05, 3.63) is 65.2 Å². The van der Waals surface area contributed by atoms with E-state index in [4.69, 9.17) is 5.73 Å². The maximum absolute atomic E-state index is 11.6. The van der Waals surface area contributed by atoms with Gasteiger partial charge in [0.1, 0.15) is 0 Å². The van der Waals surface area contributed by atoms with Crippen molar-refractivity contribution in [3.63, 3.8) is 0 Å². The van der Waals surface area contributed by atoms with E-state index in [9.17, 15) is 4.79 Å². The Bertz CT molecular complexity index is 1070. The average Bonchev–Trinajstić information content (AvgIpc) is 2.96. The quantitative estimate of drug-likeness (QED) is 0.649. The Morgan fingerprint density at radius 3 is 2.67 bits per heavy atom. The first kappa shape index (κ1) is 16.4. The van der Waals surface area contributed by atoms with Crippen molar-refractivity contribution in [1.82, 2.24) is 4.57 Å². The van der Waals surface area contributed by atoms with E-state index < -0.39 is 0 Å². The summed E-state index contributed by atoms with van der Waals surface area (Å²) in [5.41, 5.74) is 12.4. The van der Waals surface area contributed by atoms with Gasteiger partial charge in [-0.15, -0.1) is 0 Å². The fourth-order valence-electron chi connectivity index (χ4n) is 4.75. The molecule has 5 rings (SSSR count). The Labute approximate surface area is 159 Å². The van der Waals surface area contributed by atoms with Crippen molar-refractivity contribution in [2.24, 2.45) is 5.73 Å². The van der Waals surface area contributed by atoms with Gasteiger partial charge in [0.05, 0.1) is 0 Å². The van der Waals surface area contributed by atoms with Gasteiger partial charge in [-0.1, -0.05) is 55.7 Å². The Hall–Kier alpha value is -2.81. The van der Waals surface area contributed by atoms with Crippen molar-refractivity contribution in [2.45, 2.75) is 44.6 Å². The van der Waals surface area contributed by atoms with Crippen LogP contribution >= 0.6 is 0 Å². The van der Waals surface area contributed by atoms with Crippen LogP contribution in [0.15, 0.2) is 48.5 Å². The lowest BCUT2D eigenvalue weighted by Crippen LogP contribution is -2.10. The highest BCUT2D eigenvalue weighted by atomic mass is 16.1. The Morgan fingerprint density at radius 2 is 1.85 bits per heavy atom. The monoisotopic (exact) mass is 356 g/mol. The Morgan fingerprint density at radius 1 is 1.00 bits per heavy atom. The van der Waals surface area contributed by atoms with E-state index >= 15 is 0 Å². The van der Waals surface area contributed by atoms with Gasteiger partial charge >= 0.3 is 0 Å². The summed E-state index contributed by atoms with van der Waals surface area (Å²) in [5, 5.41) is 1.15. The van der Waals surface area contributed by atoms with E-state index in [0.29, 0.717) is 11.5 Å². The van der Waals surface area contributed by atoms with E-state index in [-0.39, 0.29) is 5.91 Å². The van der Waals surface area contributed by atoms with Crippen LogP contribution in [0.25, 0.3) is 28.2 Å². The number of fused-ring (bicyclic) bond motifs is 5. The van der Waals surface area contributed by atoms with Crippen molar-refractivity contribution in [2.75, 3.05) is 0 Å². The van der Waals surface area contributed by atoms with E-state index in [1.54, 1.807) is 0 Å². The minimum atomic E-state index is -0.380. The van der Waals surface area contributed by atoms with Crippen LogP contribution in [-0.4, -0.2) is 10.5 Å². The molecular weight excluding hydrogens is 332 g/mol. The van der Waals surface area contributed by atoms with Crippen molar-refractivity contribution >= 4 is 22.9 Å². The molecule has 0 unspecified atom stereocenters. The largest absolute Gasteiger partial charge is 0.366 e. The zero-order valence-electron chi connectivity index (χ0n) is 15.4. The fraction of sp³-hybridized carbons (Fsp3) is 0.292. The SMILES string of the molecule is NC(=O)c1ccc2cc3n(c2c1)CC=Cc1cc(C2CCCCC2)ccc1-3. The lowest BCUT2D eigenvalue weighted by molar-refractivity contribution is 0.100. The summed E-state index contributed by atoms with van der Waals surface area (Å²) in [4.78, 5) is 11.6. The number of allylic oxidation sites excluding steroid dienone is 1. The number of aromatic nitrogens is 1. The van der Waals surface area contributed by atoms with Crippen molar-refractivity contribution in [3.8, 4) is 11.3 Å². The highest BCUT2D eigenvalue weighted by molar-refractivity contribution is 5.98. The third-order valence-corrected chi connectivity index (χ3v) is 6.20. The van der Waals surface area contributed by atoms with Crippen LogP contribution in [0.1, 0.15) is 59.5 Å². The van der Waals surface area contributed by atoms with Gasteiger partial charge in [-0.3, -0.25) is 4.79 Å². The summed E-state index contributed by atoms with van der Waals surface area (Å²) in [6.07, 6.45) is 11.2. The topological polar surface area (TPSA) is 48.0 Å². The molecule has 2 aromatic carbocycles. The van der Waals surface area contributed by atoms with Gasteiger partial charge in [0.2, 0.25) is 5.91 Å². The highest BCUT2D eigenvalue weighted by Gasteiger charge is 2.19. The van der Waals surface area contributed by atoms with E-state index in [1.165, 1.54) is 54.5 Å². The lowest BCUT2D eigenvalue weighted by Gasteiger charge is -2.22. The molecule has 3 nitrogen and oxygen atoms in total. The van der Waals surface area contributed by atoms with Crippen molar-refractivity contribution in [1.29, 1.82) is 0 Å². The number of rotatable bonds is 2. The normalized spacial score (nSPS) is 16.7. The zero-order chi connectivity index (χ0) is 18.4. The molecule has 1 saturated carbocycles. The second-order valence-electron chi connectivity index (χ2n) is 7.86. The molecule has 1 fully saturated rings. The van der Waals surface area contributed by atoms with Crippen LogP contribution < -0.4 is 5.73 Å². The predicted molar refractivity (Wildman–Crippen MR) is 111 cm³/mol. The van der Waals surface area contributed by atoms with Crippen LogP contribution in [0.2, 0.25) is 0 Å². The standard InChI is InChI=1S/C24H24N2O/c25-24(27)20-9-8-19-14-23-21-11-10-17(16-5-2-1-3-6-16)13-18(21)7-4-12-26(23)22(19)15-20/h4,7-11,13-16H,1-3,5-6,12H2,(H2,25,27). The summed E-state index contributed by atoms with van der Waals surface area (Å²) in [6.45, 7) is 0.800. The molecule has 0 radical (unpaired) electrons. The first-order valence-corrected chi connectivity index (χ1v) is 9.95. The number of carbonyl (C=O) groups is 1.